The molecule has 8 rings (SSSR count). The Balaban J connectivity index is 0.801. The van der Waals surface area contributed by atoms with Gasteiger partial charge in [0.05, 0.1) is 54.7 Å². The number of hydrogen-bond acceptors (Lipinski definition) is 14. The first-order valence-corrected chi connectivity index (χ1v) is 25.9. The SMILES string of the molecule is CC[C@@]1(O)C(=O)OCc2c1cc1n(c2=O)Cc2c-1nc1cc(F)c(C)c3c1c2[C@@H](NC(=O)CNC(=O)CCC(=O)CNC(=O)[C@@H](CC(=O)CNC(=O)CCC(=O)CCCCCN1C(=O)C=CC1=O)Cc1ccccc1)CC3. The molecule has 0 radical (unpaired) electrons. The number of amides is 6. The number of aromatic nitrogens is 2. The number of hydrogen-bond donors (Lipinski definition) is 5. The average Bonchev–Trinajstić information content (AvgIpc) is 4.16. The van der Waals surface area contributed by atoms with Crippen LogP contribution in [0.4, 0.5) is 4.39 Å². The lowest BCUT2D eigenvalue weighted by molar-refractivity contribution is -0.172. The molecule has 0 saturated carbocycles. The van der Waals surface area contributed by atoms with Gasteiger partial charge >= 0.3 is 5.97 Å². The van der Waals surface area contributed by atoms with Crippen molar-refractivity contribution >= 4 is 69.7 Å². The molecule has 0 fully saturated rings. The second kappa shape index (κ2) is 23.9. The van der Waals surface area contributed by atoms with Gasteiger partial charge in [-0.05, 0) is 73.8 Å². The molecule has 0 saturated heterocycles. The van der Waals surface area contributed by atoms with Crippen LogP contribution in [0.1, 0.15) is 123 Å². The molecule has 20 nitrogen and oxygen atoms in total. The molecule has 3 aliphatic heterocycles. The Bertz CT molecular complexity index is 3190. The van der Waals surface area contributed by atoms with Crippen LogP contribution in [0.25, 0.3) is 22.3 Å². The summed E-state index contributed by atoms with van der Waals surface area (Å²) < 4.78 is 22.1. The third-order valence-corrected chi connectivity index (χ3v) is 14.8. The number of cyclic esters (lactones) is 1. The maximum absolute atomic E-state index is 15.4. The summed E-state index contributed by atoms with van der Waals surface area (Å²) in [7, 11) is 0. The third kappa shape index (κ3) is 12.3. The van der Waals surface area contributed by atoms with E-state index in [0.29, 0.717) is 76.6 Å². The number of benzene rings is 2. The van der Waals surface area contributed by atoms with Crippen molar-refractivity contribution in [3.63, 3.8) is 0 Å². The summed E-state index contributed by atoms with van der Waals surface area (Å²) in [5.41, 5.74) is 1.81. The fraction of sp³-hybridized carbons (Fsp3) is 0.429. The summed E-state index contributed by atoms with van der Waals surface area (Å²) in [6.07, 6.45) is 4.18. The topological polar surface area (TPSA) is 286 Å². The second-order valence-corrected chi connectivity index (χ2v) is 19.9. The van der Waals surface area contributed by atoms with E-state index in [9.17, 15) is 57.8 Å². The lowest BCUT2D eigenvalue weighted by atomic mass is 9.81. The van der Waals surface area contributed by atoms with Gasteiger partial charge in [0, 0.05) is 85.7 Å². The van der Waals surface area contributed by atoms with Gasteiger partial charge < -0.3 is 35.7 Å². The number of esters is 1. The Morgan fingerprint density at radius 1 is 0.805 bits per heavy atom. The number of carbonyl (C=O) groups excluding carboxylic acids is 10. The quantitative estimate of drug-likeness (QED) is 0.0319. The summed E-state index contributed by atoms with van der Waals surface area (Å²) in [5, 5.41) is 22.6. The van der Waals surface area contributed by atoms with Gasteiger partial charge in [0.15, 0.2) is 17.2 Å². The highest BCUT2D eigenvalue weighted by Crippen LogP contribution is 2.46. The molecule has 5 N–H and O–H groups in total. The first kappa shape index (κ1) is 55.2. The van der Waals surface area contributed by atoms with Gasteiger partial charge in [-0.2, -0.15) is 0 Å². The molecule has 21 heteroatoms. The zero-order chi connectivity index (χ0) is 55.1. The smallest absolute Gasteiger partial charge is 0.343 e. The molecule has 6 amide bonds. The molecule has 4 aromatic rings. The monoisotopic (exact) mass is 1060 g/mol. The minimum atomic E-state index is -2.06. The van der Waals surface area contributed by atoms with Crippen molar-refractivity contribution in [3.05, 3.63) is 110 Å². The van der Waals surface area contributed by atoms with Crippen molar-refractivity contribution < 1.29 is 62.2 Å². The zero-order valence-corrected chi connectivity index (χ0v) is 42.9. The predicted molar refractivity (Wildman–Crippen MR) is 274 cm³/mol. The molecule has 2 aromatic carbocycles. The maximum atomic E-state index is 15.4. The van der Waals surface area contributed by atoms with Crippen molar-refractivity contribution in [2.45, 2.75) is 122 Å². The predicted octanol–water partition coefficient (Wildman–Crippen LogP) is 2.98. The van der Waals surface area contributed by atoms with Crippen molar-refractivity contribution in [2.75, 3.05) is 26.2 Å². The molecule has 0 unspecified atom stereocenters. The number of carbonyl (C=O) groups is 10. The minimum absolute atomic E-state index is 0.0312. The number of aryl methyl sites for hydroxylation is 1. The summed E-state index contributed by atoms with van der Waals surface area (Å²) >= 11 is 0. The number of fused-ring (bicyclic) bond motifs is 5. The van der Waals surface area contributed by atoms with Crippen molar-refractivity contribution in [1.82, 2.24) is 35.7 Å². The highest BCUT2D eigenvalue weighted by atomic mass is 19.1. The normalized spacial score (nSPS) is 17.3. The number of pyridine rings is 2. The van der Waals surface area contributed by atoms with Gasteiger partial charge in [-0.1, -0.05) is 43.7 Å². The largest absolute Gasteiger partial charge is 0.458 e. The van der Waals surface area contributed by atoms with E-state index in [-0.39, 0.29) is 106 Å². The summed E-state index contributed by atoms with van der Waals surface area (Å²) in [6, 6.07) is 11.1. The number of rotatable bonds is 25. The minimum Gasteiger partial charge on any atom is -0.458 e. The fourth-order valence-electron chi connectivity index (χ4n) is 10.5. The van der Waals surface area contributed by atoms with Crippen molar-refractivity contribution in [1.29, 1.82) is 0 Å². The van der Waals surface area contributed by atoms with Crippen LogP contribution in [0.2, 0.25) is 0 Å². The van der Waals surface area contributed by atoms with E-state index in [1.54, 1.807) is 50.2 Å². The van der Waals surface area contributed by atoms with Gasteiger partial charge in [-0.3, -0.25) is 52.8 Å². The Morgan fingerprint density at radius 2 is 1.49 bits per heavy atom. The van der Waals surface area contributed by atoms with Crippen LogP contribution in [0, 0.1) is 18.7 Å². The average molecular weight is 1060 g/mol. The number of ether oxygens (including phenoxy) is 1. The van der Waals surface area contributed by atoms with Crippen LogP contribution in [0.3, 0.4) is 0 Å². The zero-order valence-electron chi connectivity index (χ0n) is 42.9. The summed E-state index contributed by atoms with van der Waals surface area (Å²) in [4.78, 5) is 147. The lowest BCUT2D eigenvalue weighted by Gasteiger charge is -2.31. The number of ketones is 3. The molecule has 3 atom stereocenters. The lowest BCUT2D eigenvalue weighted by Crippen LogP contribution is -2.44. The maximum Gasteiger partial charge on any atom is 0.343 e. The Kier molecular flexibility index (Phi) is 17.1. The van der Waals surface area contributed by atoms with E-state index in [0.717, 1.165) is 10.5 Å². The van der Waals surface area contributed by atoms with E-state index in [1.165, 1.54) is 22.8 Å². The van der Waals surface area contributed by atoms with Crippen LogP contribution >= 0.6 is 0 Å². The van der Waals surface area contributed by atoms with Crippen LogP contribution in [-0.2, 0) is 84.3 Å². The molecule has 1 aliphatic carbocycles. The van der Waals surface area contributed by atoms with Crippen molar-refractivity contribution in [3.8, 4) is 11.4 Å². The Hall–Kier alpha value is -8.07. The summed E-state index contributed by atoms with van der Waals surface area (Å²) in [6.45, 7) is 1.98. The standard InChI is InChI=1S/C56H60FN7O13/c1-3-56(76)40-24-44-52-38(29-64(44)54(74)39(40)30-77-55(56)75)51-42(16-15-37-31(2)41(57)25-43(62-52)50(37)51)61-47(70)28-59-46(69)18-14-35(66)26-60-53(73)33(22-32-10-6-4-7-11-32)23-36(67)27-58-45(68)17-13-34(65)12-8-5-9-21-63-48(71)19-20-49(63)72/h4,6-7,10-11,19-20,24-25,33,42,76H,3,5,8-9,12-18,21-23,26-30H2,1-2H3,(H,58,68)(H,59,69)(H,60,73)(H,61,70)/t33-,42+,56+/m1/s1. The molecule has 77 heavy (non-hydrogen) atoms. The number of nitrogens with one attached hydrogen (secondary N) is 4. The van der Waals surface area contributed by atoms with Gasteiger partial charge in [0.2, 0.25) is 23.6 Å². The van der Waals surface area contributed by atoms with E-state index in [1.807, 2.05) is 0 Å². The Labute approximate surface area is 441 Å². The first-order chi connectivity index (χ1) is 36.9. The van der Waals surface area contributed by atoms with Gasteiger partial charge in [-0.25, -0.2) is 14.2 Å². The van der Waals surface area contributed by atoms with Gasteiger partial charge in [0.25, 0.3) is 17.4 Å². The molecule has 404 valence electrons. The molecule has 5 heterocycles. The fourth-order valence-corrected chi connectivity index (χ4v) is 10.5. The third-order valence-electron chi connectivity index (χ3n) is 14.8. The van der Waals surface area contributed by atoms with E-state index in [2.05, 4.69) is 21.3 Å². The summed E-state index contributed by atoms with van der Waals surface area (Å²) in [5.74, 6) is -6.31. The molecular formula is C56H60FN7O13. The van der Waals surface area contributed by atoms with Crippen LogP contribution < -0.4 is 26.8 Å². The number of nitrogens with zero attached hydrogens (tertiary/aromatic N) is 3. The number of Topliss-reactive ketones (excluding diaryl/α,β-unsaturated/α-hetero) is 3. The number of halogens is 1. The van der Waals surface area contributed by atoms with Crippen LogP contribution in [0.15, 0.2) is 59.4 Å². The van der Waals surface area contributed by atoms with E-state index in [4.69, 9.17) is 9.72 Å². The molecule has 2 aromatic heterocycles. The highest BCUT2D eigenvalue weighted by molar-refractivity contribution is 6.12. The molecular weight excluding hydrogens is 998 g/mol. The van der Waals surface area contributed by atoms with Gasteiger partial charge in [-0.15, -0.1) is 0 Å². The van der Waals surface area contributed by atoms with Crippen LogP contribution in [-0.4, -0.2) is 104 Å². The van der Waals surface area contributed by atoms with Crippen molar-refractivity contribution in [2.24, 2.45) is 5.92 Å². The van der Waals surface area contributed by atoms with Crippen LogP contribution in [0.5, 0.6) is 0 Å². The number of aliphatic hydroxyl groups is 1. The highest BCUT2D eigenvalue weighted by Gasteiger charge is 2.46. The Morgan fingerprint density at radius 3 is 2.21 bits per heavy atom. The van der Waals surface area contributed by atoms with E-state index >= 15 is 4.39 Å². The number of imide groups is 1. The van der Waals surface area contributed by atoms with Gasteiger partial charge in [0.1, 0.15) is 18.2 Å². The molecule has 4 aliphatic rings. The number of unbranched alkanes of at least 4 members (excludes halogenated alkanes) is 2. The molecule has 0 spiro atoms. The van der Waals surface area contributed by atoms with E-state index < -0.39 is 83.2 Å². The molecule has 0 bridgehead atoms. The second-order valence-electron chi connectivity index (χ2n) is 19.9. The first-order valence-electron chi connectivity index (χ1n) is 25.9.